The van der Waals surface area contributed by atoms with Gasteiger partial charge in [0.05, 0.1) is 18.1 Å². The minimum atomic E-state index is -3.31. The number of nitrogens with one attached hydrogen (secondary N) is 1. The molecule has 7 heteroatoms. The molecule has 0 atom stereocenters. The predicted octanol–water partition coefficient (Wildman–Crippen LogP) is 1.64. The van der Waals surface area contributed by atoms with E-state index in [1.54, 1.807) is 0 Å². The highest BCUT2D eigenvalue weighted by molar-refractivity contribution is 9.10. The standard InChI is InChI=1S/C8H12BrN3O2S/c1-6(2)5-15(13,14)12-8-4-10-7(9)3-11-8/h3-4,6H,5H2,1-2H3,(H,11,12). The molecule has 0 spiro atoms. The Morgan fingerprint density at radius 2 is 2.07 bits per heavy atom. The van der Waals surface area contributed by atoms with Gasteiger partial charge in [-0.15, -0.1) is 0 Å². The fraction of sp³-hybridized carbons (Fsp3) is 0.500. The first-order chi connectivity index (χ1) is 6.89. The molecule has 1 heterocycles. The van der Waals surface area contributed by atoms with E-state index in [1.165, 1.54) is 12.4 Å². The predicted molar refractivity (Wildman–Crippen MR) is 62.0 cm³/mol. The summed E-state index contributed by atoms with van der Waals surface area (Å²) in [5, 5.41) is 0. The van der Waals surface area contributed by atoms with Crippen LogP contribution in [0.15, 0.2) is 17.0 Å². The largest absolute Gasteiger partial charge is 0.266 e. The van der Waals surface area contributed by atoms with Crippen molar-refractivity contribution < 1.29 is 8.42 Å². The molecule has 0 bridgehead atoms. The van der Waals surface area contributed by atoms with Crippen LogP contribution in [0.1, 0.15) is 13.8 Å². The molecule has 0 unspecified atom stereocenters. The Bertz CT molecular complexity index is 416. The Kier molecular flexibility index (Phi) is 4.04. The Morgan fingerprint density at radius 3 is 2.53 bits per heavy atom. The molecule has 0 aliphatic heterocycles. The van der Waals surface area contributed by atoms with Gasteiger partial charge in [-0.1, -0.05) is 13.8 Å². The molecule has 15 heavy (non-hydrogen) atoms. The average Bonchev–Trinajstić information content (AvgIpc) is 2.06. The summed E-state index contributed by atoms with van der Waals surface area (Å²) in [6, 6.07) is 0. The van der Waals surface area contributed by atoms with Crippen LogP contribution in [0.2, 0.25) is 0 Å². The zero-order valence-corrected chi connectivity index (χ0v) is 10.8. The molecule has 0 saturated carbocycles. The molecule has 1 aromatic rings. The van der Waals surface area contributed by atoms with Gasteiger partial charge in [0.2, 0.25) is 10.0 Å². The average molecular weight is 294 g/mol. The van der Waals surface area contributed by atoms with Crippen LogP contribution < -0.4 is 4.72 Å². The van der Waals surface area contributed by atoms with Crippen LogP contribution in [0.5, 0.6) is 0 Å². The SMILES string of the molecule is CC(C)CS(=O)(=O)Nc1cnc(Br)cn1. The Balaban J connectivity index is 2.73. The lowest BCUT2D eigenvalue weighted by Gasteiger charge is -2.08. The molecule has 1 aromatic heterocycles. The number of hydrogen-bond donors (Lipinski definition) is 1. The van der Waals surface area contributed by atoms with Crippen LogP contribution in [0.25, 0.3) is 0 Å². The number of halogens is 1. The van der Waals surface area contributed by atoms with E-state index in [2.05, 4.69) is 30.6 Å². The summed E-state index contributed by atoms with van der Waals surface area (Å²) in [5.41, 5.74) is 0. The summed E-state index contributed by atoms with van der Waals surface area (Å²) < 4.78 is 25.9. The fourth-order valence-corrected chi connectivity index (χ4v) is 2.59. The van der Waals surface area contributed by atoms with Gasteiger partial charge < -0.3 is 0 Å². The van der Waals surface area contributed by atoms with Crippen LogP contribution in [0.3, 0.4) is 0 Å². The maximum atomic E-state index is 11.5. The van der Waals surface area contributed by atoms with E-state index in [-0.39, 0.29) is 17.5 Å². The number of sulfonamides is 1. The van der Waals surface area contributed by atoms with Crippen molar-refractivity contribution in [2.45, 2.75) is 13.8 Å². The third kappa shape index (κ3) is 4.57. The zero-order chi connectivity index (χ0) is 11.5. The van der Waals surface area contributed by atoms with Gasteiger partial charge in [-0.2, -0.15) is 0 Å². The maximum absolute atomic E-state index is 11.5. The third-order valence-corrected chi connectivity index (χ3v) is 3.47. The van der Waals surface area contributed by atoms with Crippen LogP contribution in [0, 0.1) is 5.92 Å². The van der Waals surface area contributed by atoms with Crippen molar-refractivity contribution in [2.75, 3.05) is 10.5 Å². The smallest absolute Gasteiger partial charge is 0.234 e. The van der Waals surface area contributed by atoms with Gasteiger partial charge in [-0.3, -0.25) is 4.72 Å². The lowest BCUT2D eigenvalue weighted by atomic mass is 10.3. The molecule has 0 saturated heterocycles. The summed E-state index contributed by atoms with van der Waals surface area (Å²) >= 11 is 3.11. The Hall–Kier alpha value is -0.690. The first kappa shape index (κ1) is 12.4. The maximum Gasteiger partial charge on any atom is 0.234 e. The van der Waals surface area contributed by atoms with Crippen molar-refractivity contribution >= 4 is 31.8 Å². The van der Waals surface area contributed by atoms with Crippen LogP contribution >= 0.6 is 15.9 Å². The quantitative estimate of drug-likeness (QED) is 0.916. The molecule has 1 N–H and O–H groups in total. The second kappa shape index (κ2) is 4.89. The molecule has 0 fully saturated rings. The van der Waals surface area contributed by atoms with Gasteiger partial charge in [-0.05, 0) is 21.8 Å². The van der Waals surface area contributed by atoms with Gasteiger partial charge in [0.1, 0.15) is 4.60 Å². The highest BCUT2D eigenvalue weighted by atomic mass is 79.9. The van der Waals surface area contributed by atoms with Crippen molar-refractivity contribution in [3.05, 3.63) is 17.0 Å². The third-order valence-electron chi connectivity index (χ3n) is 1.43. The number of aromatic nitrogens is 2. The summed E-state index contributed by atoms with van der Waals surface area (Å²) in [6.45, 7) is 3.68. The van der Waals surface area contributed by atoms with Crippen molar-refractivity contribution in [1.82, 2.24) is 9.97 Å². The van der Waals surface area contributed by atoms with E-state index in [4.69, 9.17) is 0 Å². The monoisotopic (exact) mass is 293 g/mol. The minimum absolute atomic E-state index is 0.0742. The van der Waals surface area contributed by atoms with Gasteiger partial charge in [0.15, 0.2) is 5.82 Å². The van der Waals surface area contributed by atoms with E-state index >= 15 is 0 Å². The molecule has 0 aliphatic carbocycles. The molecule has 0 amide bonds. The first-order valence-corrected chi connectivity index (χ1v) is 6.81. The molecule has 1 rings (SSSR count). The van der Waals surface area contributed by atoms with E-state index in [0.29, 0.717) is 4.60 Å². The lowest BCUT2D eigenvalue weighted by molar-refractivity contribution is 0.587. The van der Waals surface area contributed by atoms with E-state index in [0.717, 1.165) is 0 Å². The van der Waals surface area contributed by atoms with Crippen molar-refractivity contribution in [3.63, 3.8) is 0 Å². The van der Waals surface area contributed by atoms with Gasteiger partial charge in [0.25, 0.3) is 0 Å². The second-order valence-electron chi connectivity index (χ2n) is 3.50. The number of hydrogen-bond acceptors (Lipinski definition) is 4. The van der Waals surface area contributed by atoms with Gasteiger partial charge >= 0.3 is 0 Å². The van der Waals surface area contributed by atoms with E-state index < -0.39 is 10.0 Å². The number of anilines is 1. The zero-order valence-electron chi connectivity index (χ0n) is 8.44. The molecule has 84 valence electrons. The molecular weight excluding hydrogens is 282 g/mol. The van der Waals surface area contributed by atoms with Crippen molar-refractivity contribution in [1.29, 1.82) is 0 Å². The van der Waals surface area contributed by atoms with Gasteiger partial charge in [0, 0.05) is 0 Å². The fourth-order valence-electron chi connectivity index (χ4n) is 1.00. The van der Waals surface area contributed by atoms with Gasteiger partial charge in [-0.25, -0.2) is 18.4 Å². The summed E-state index contributed by atoms with van der Waals surface area (Å²) in [7, 11) is -3.31. The summed E-state index contributed by atoms with van der Waals surface area (Å²) in [5.74, 6) is 0.384. The highest BCUT2D eigenvalue weighted by Gasteiger charge is 2.13. The Morgan fingerprint density at radius 1 is 1.40 bits per heavy atom. The molecule has 0 radical (unpaired) electrons. The highest BCUT2D eigenvalue weighted by Crippen LogP contribution is 2.09. The second-order valence-corrected chi connectivity index (χ2v) is 6.08. The molecule has 0 aromatic carbocycles. The molecular formula is C8H12BrN3O2S. The lowest BCUT2D eigenvalue weighted by Crippen LogP contribution is -2.20. The van der Waals surface area contributed by atoms with Crippen LogP contribution in [-0.2, 0) is 10.0 Å². The summed E-state index contributed by atoms with van der Waals surface area (Å²) in [4.78, 5) is 7.74. The molecule has 0 aliphatic rings. The van der Waals surface area contributed by atoms with Crippen LogP contribution in [-0.4, -0.2) is 24.1 Å². The van der Waals surface area contributed by atoms with Crippen molar-refractivity contribution in [3.8, 4) is 0 Å². The topological polar surface area (TPSA) is 72.0 Å². The number of rotatable bonds is 4. The van der Waals surface area contributed by atoms with Crippen LogP contribution in [0.4, 0.5) is 5.82 Å². The minimum Gasteiger partial charge on any atom is -0.266 e. The van der Waals surface area contributed by atoms with E-state index in [9.17, 15) is 8.42 Å². The van der Waals surface area contributed by atoms with Crippen molar-refractivity contribution in [2.24, 2.45) is 5.92 Å². The van der Waals surface area contributed by atoms with E-state index in [1.807, 2.05) is 13.8 Å². The first-order valence-electron chi connectivity index (χ1n) is 4.37. The normalized spacial score (nSPS) is 11.7. The summed E-state index contributed by atoms with van der Waals surface area (Å²) in [6.07, 6.45) is 2.80. The Labute approximate surface area is 97.5 Å². The number of nitrogens with zero attached hydrogens (tertiary/aromatic N) is 2. The molecule has 5 nitrogen and oxygen atoms in total.